The summed E-state index contributed by atoms with van der Waals surface area (Å²) in [6, 6.07) is 0. The fourth-order valence-corrected chi connectivity index (χ4v) is 0.382. The van der Waals surface area contributed by atoms with Gasteiger partial charge in [-0.05, 0) is 0 Å². The van der Waals surface area contributed by atoms with Crippen LogP contribution in [-0.4, -0.2) is 31.2 Å². The SMILES string of the molecule is CN=C(N)/C(F)=C\N(C)C=O. The number of amidine groups is 1. The van der Waals surface area contributed by atoms with Crippen LogP contribution in [0.1, 0.15) is 0 Å². The molecule has 0 saturated heterocycles. The zero-order valence-corrected chi connectivity index (χ0v) is 6.41. The Kier molecular flexibility index (Phi) is 3.87. The number of halogens is 1. The largest absolute Gasteiger partial charge is 0.382 e. The molecule has 0 spiro atoms. The van der Waals surface area contributed by atoms with Crippen LogP contribution in [0.4, 0.5) is 4.39 Å². The molecule has 0 bridgehead atoms. The maximum absolute atomic E-state index is 12.6. The van der Waals surface area contributed by atoms with E-state index < -0.39 is 5.83 Å². The highest BCUT2D eigenvalue weighted by Crippen LogP contribution is 1.96. The lowest BCUT2D eigenvalue weighted by Gasteiger charge is -2.02. The van der Waals surface area contributed by atoms with Gasteiger partial charge < -0.3 is 10.6 Å². The van der Waals surface area contributed by atoms with Gasteiger partial charge in [0.1, 0.15) is 0 Å². The topological polar surface area (TPSA) is 58.7 Å². The summed E-state index contributed by atoms with van der Waals surface area (Å²) in [7, 11) is 2.76. The minimum atomic E-state index is -0.720. The number of hydrogen-bond acceptors (Lipinski definition) is 2. The van der Waals surface area contributed by atoms with Crippen molar-refractivity contribution < 1.29 is 9.18 Å². The fourth-order valence-electron chi connectivity index (χ4n) is 0.382. The van der Waals surface area contributed by atoms with Gasteiger partial charge in [-0.2, -0.15) is 0 Å². The van der Waals surface area contributed by atoms with Gasteiger partial charge in [0.15, 0.2) is 11.7 Å². The summed E-state index contributed by atoms with van der Waals surface area (Å²) in [5, 5.41) is 0. The number of carbonyl (C=O) groups is 1. The first-order valence-electron chi connectivity index (χ1n) is 2.89. The van der Waals surface area contributed by atoms with E-state index in [0.717, 1.165) is 11.1 Å². The first kappa shape index (κ1) is 9.61. The van der Waals surface area contributed by atoms with E-state index in [2.05, 4.69) is 4.99 Å². The first-order valence-corrected chi connectivity index (χ1v) is 2.89. The zero-order chi connectivity index (χ0) is 8.85. The van der Waals surface area contributed by atoms with Gasteiger partial charge in [0.25, 0.3) is 0 Å². The molecule has 0 aromatic carbocycles. The second-order valence-corrected chi connectivity index (χ2v) is 1.86. The van der Waals surface area contributed by atoms with Crippen molar-refractivity contribution in [1.29, 1.82) is 0 Å². The molecule has 0 fully saturated rings. The van der Waals surface area contributed by atoms with Crippen LogP contribution in [0.2, 0.25) is 0 Å². The standard InChI is InChI=1S/C6H10FN3O/c1-9-6(8)5(7)3-10(2)4-11/h3-4H,1-2H3,(H2,8,9)/b5-3+. The van der Waals surface area contributed by atoms with Crippen LogP contribution in [0.15, 0.2) is 17.0 Å². The van der Waals surface area contributed by atoms with E-state index in [1.54, 1.807) is 0 Å². The smallest absolute Gasteiger partial charge is 0.213 e. The van der Waals surface area contributed by atoms with E-state index in [4.69, 9.17) is 5.73 Å². The Hall–Kier alpha value is -1.39. The summed E-state index contributed by atoms with van der Waals surface area (Å²) in [6.07, 6.45) is 1.41. The number of nitrogens with zero attached hydrogens (tertiary/aromatic N) is 2. The lowest BCUT2D eigenvalue weighted by molar-refractivity contribution is -0.115. The molecular weight excluding hydrogens is 149 g/mol. The molecule has 0 rings (SSSR count). The van der Waals surface area contributed by atoms with E-state index in [1.165, 1.54) is 14.1 Å². The minimum Gasteiger partial charge on any atom is -0.382 e. The van der Waals surface area contributed by atoms with Gasteiger partial charge >= 0.3 is 0 Å². The van der Waals surface area contributed by atoms with Crippen molar-refractivity contribution in [3.8, 4) is 0 Å². The predicted octanol–water partition coefficient (Wildman–Crippen LogP) is -0.127. The average Bonchev–Trinajstić information content (AvgIpc) is 2.02. The molecule has 0 aliphatic rings. The van der Waals surface area contributed by atoms with Crippen LogP contribution in [0.3, 0.4) is 0 Å². The monoisotopic (exact) mass is 159 g/mol. The highest BCUT2D eigenvalue weighted by molar-refractivity contribution is 5.94. The quantitative estimate of drug-likeness (QED) is 0.354. The zero-order valence-electron chi connectivity index (χ0n) is 6.41. The van der Waals surface area contributed by atoms with Crippen LogP contribution in [0.5, 0.6) is 0 Å². The second kappa shape index (κ2) is 4.43. The molecule has 0 heterocycles. The molecule has 0 saturated carbocycles. The first-order chi connectivity index (χ1) is 5.11. The Balaban J connectivity index is 4.33. The lowest BCUT2D eigenvalue weighted by Crippen LogP contribution is -2.16. The molecule has 4 nitrogen and oxygen atoms in total. The Labute approximate surface area is 64.2 Å². The summed E-state index contributed by atoms with van der Waals surface area (Å²) in [5.41, 5.74) is 5.08. The van der Waals surface area contributed by atoms with E-state index >= 15 is 0 Å². The van der Waals surface area contributed by atoms with Gasteiger partial charge in [0.05, 0.1) is 0 Å². The van der Waals surface area contributed by atoms with Crippen LogP contribution < -0.4 is 5.73 Å². The third kappa shape index (κ3) is 3.34. The molecule has 0 radical (unpaired) electrons. The summed E-state index contributed by atoms with van der Waals surface area (Å²) >= 11 is 0. The van der Waals surface area contributed by atoms with Gasteiger partial charge in [-0.15, -0.1) is 0 Å². The number of hydrogen-bond donors (Lipinski definition) is 1. The summed E-state index contributed by atoms with van der Waals surface area (Å²) in [6.45, 7) is 0. The molecule has 0 aliphatic carbocycles. The van der Waals surface area contributed by atoms with E-state index in [9.17, 15) is 9.18 Å². The molecule has 0 aliphatic heterocycles. The molecular formula is C6H10FN3O. The molecule has 0 aromatic heterocycles. The molecule has 1 amide bonds. The number of rotatable bonds is 3. The van der Waals surface area contributed by atoms with Gasteiger partial charge in [-0.3, -0.25) is 9.79 Å². The highest BCUT2D eigenvalue weighted by atomic mass is 19.1. The van der Waals surface area contributed by atoms with E-state index in [1.807, 2.05) is 0 Å². The molecule has 62 valence electrons. The molecule has 0 unspecified atom stereocenters. The maximum Gasteiger partial charge on any atom is 0.213 e. The molecule has 2 N–H and O–H groups in total. The van der Waals surface area contributed by atoms with E-state index in [0.29, 0.717) is 6.41 Å². The van der Waals surface area contributed by atoms with Gasteiger partial charge in [-0.25, -0.2) is 4.39 Å². The van der Waals surface area contributed by atoms with Crippen molar-refractivity contribution in [2.45, 2.75) is 0 Å². The fraction of sp³-hybridized carbons (Fsp3) is 0.333. The Bertz CT molecular complexity index is 200. The van der Waals surface area contributed by atoms with Crippen LogP contribution in [0, 0.1) is 0 Å². The van der Waals surface area contributed by atoms with Crippen molar-refractivity contribution in [3.63, 3.8) is 0 Å². The van der Waals surface area contributed by atoms with Crippen molar-refractivity contribution in [2.24, 2.45) is 10.7 Å². The van der Waals surface area contributed by atoms with Crippen LogP contribution in [-0.2, 0) is 4.79 Å². The predicted molar refractivity (Wildman–Crippen MR) is 40.6 cm³/mol. The van der Waals surface area contributed by atoms with Crippen LogP contribution in [0.25, 0.3) is 0 Å². The van der Waals surface area contributed by atoms with Crippen molar-refractivity contribution in [1.82, 2.24) is 4.90 Å². The van der Waals surface area contributed by atoms with Gasteiger partial charge in [0, 0.05) is 20.3 Å². The number of amides is 1. The Morgan fingerprint density at radius 3 is 2.64 bits per heavy atom. The number of carbonyl (C=O) groups excluding carboxylic acids is 1. The van der Waals surface area contributed by atoms with E-state index in [-0.39, 0.29) is 5.84 Å². The maximum atomic E-state index is 12.6. The summed E-state index contributed by atoms with van der Waals surface area (Å²) < 4.78 is 12.6. The Morgan fingerprint density at radius 1 is 1.73 bits per heavy atom. The van der Waals surface area contributed by atoms with Crippen molar-refractivity contribution >= 4 is 12.2 Å². The molecule has 0 atom stereocenters. The second-order valence-electron chi connectivity index (χ2n) is 1.86. The molecule has 11 heavy (non-hydrogen) atoms. The molecule has 5 heteroatoms. The highest BCUT2D eigenvalue weighted by Gasteiger charge is 1.99. The number of nitrogens with two attached hydrogens (primary N) is 1. The average molecular weight is 159 g/mol. The minimum absolute atomic E-state index is 0.223. The number of aliphatic imine (C=N–C) groups is 1. The van der Waals surface area contributed by atoms with Crippen molar-refractivity contribution in [3.05, 3.63) is 12.0 Å². The third-order valence-electron chi connectivity index (χ3n) is 0.969. The van der Waals surface area contributed by atoms with Crippen molar-refractivity contribution in [2.75, 3.05) is 14.1 Å². The third-order valence-corrected chi connectivity index (χ3v) is 0.969. The summed E-state index contributed by atoms with van der Waals surface area (Å²) in [5.74, 6) is -0.944. The van der Waals surface area contributed by atoms with Gasteiger partial charge in [0.2, 0.25) is 6.41 Å². The summed E-state index contributed by atoms with van der Waals surface area (Å²) in [4.78, 5) is 14.4. The lowest BCUT2D eigenvalue weighted by atomic mass is 10.5. The van der Waals surface area contributed by atoms with Crippen LogP contribution >= 0.6 is 0 Å². The Morgan fingerprint density at radius 2 is 2.27 bits per heavy atom. The normalized spacial score (nSPS) is 13.0. The van der Waals surface area contributed by atoms with Gasteiger partial charge in [-0.1, -0.05) is 0 Å². The molecule has 0 aromatic rings.